The molecule has 0 radical (unpaired) electrons. The van der Waals surface area contributed by atoms with Crippen molar-refractivity contribution in [2.45, 2.75) is 58.4 Å². The summed E-state index contributed by atoms with van der Waals surface area (Å²) in [6, 6.07) is 5.08. The summed E-state index contributed by atoms with van der Waals surface area (Å²) < 4.78 is 19.4. The van der Waals surface area contributed by atoms with E-state index in [4.69, 9.17) is 4.74 Å². The summed E-state index contributed by atoms with van der Waals surface area (Å²) in [5.74, 6) is 0.466. The van der Waals surface area contributed by atoms with Crippen molar-refractivity contribution in [3.8, 4) is 5.75 Å². The number of rotatable bonds is 10. The van der Waals surface area contributed by atoms with Crippen molar-refractivity contribution < 1.29 is 9.13 Å². The van der Waals surface area contributed by atoms with Crippen molar-refractivity contribution in [2.75, 3.05) is 13.7 Å². The molecule has 0 fully saturated rings. The summed E-state index contributed by atoms with van der Waals surface area (Å²) >= 11 is 0. The fraction of sp³-hybridized carbons (Fsp3) is 0.647. The Bertz CT molecular complexity index is 381. The van der Waals surface area contributed by atoms with E-state index >= 15 is 0 Å². The number of hydrogen-bond donors (Lipinski definition) is 1. The molecule has 0 bridgehead atoms. The van der Waals surface area contributed by atoms with Gasteiger partial charge in [-0.05, 0) is 25.1 Å². The standard InChI is InChI=1S/C17H28FNO/c1-4-6-7-8-9-12-15(19-5-2)17-14(18)11-10-13-16(17)20-3/h10-11,13,15,19H,4-9,12H2,1-3H3. The van der Waals surface area contributed by atoms with E-state index < -0.39 is 0 Å². The Kier molecular flexibility index (Phi) is 8.28. The van der Waals surface area contributed by atoms with Gasteiger partial charge in [0, 0.05) is 11.6 Å². The van der Waals surface area contributed by atoms with Crippen LogP contribution in [0.15, 0.2) is 18.2 Å². The zero-order valence-electron chi connectivity index (χ0n) is 13.0. The van der Waals surface area contributed by atoms with Gasteiger partial charge in [0.2, 0.25) is 0 Å². The van der Waals surface area contributed by atoms with Gasteiger partial charge in [-0.2, -0.15) is 0 Å². The second kappa shape index (κ2) is 9.76. The normalized spacial score (nSPS) is 12.4. The Labute approximate surface area is 122 Å². The van der Waals surface area contributed by atoms with Crippen molar-refractivity contribution in [3.63, 3.8) is 0 Å². The molecule has 1 aromatic carbocycles. The number of methoxy groups -OCH3 is 1. The number of benzene rings is 1. The predicted octanol–water partition coefficient (Wildman–Crippen LogP) is 4.85. The molecular weight excluding hydrogens is 253 g/mol. The number of hydrogen-bond acceptors (Lipinski definition) is 2. The molecule has 0 amide bonds. The molecule has 1 atom stereocenters. The third-order valence-corrected chi connectivity index (χ3v) is 3.63. The minimum absolute atomic E-state index is 0.0396. The Morgan fingerprint density at radius 3 is 2.55 bits per heavy atom. The van der Waals surface area contributed by atoms with Crippen LogP contribution >= 0.6 is 0 Å². The quantitative estimate of drug-likeness (QED) is 0.619. The van der Waals surface area contributed by atoms with E-state index in [0.717, 1.165) is 19.4 Å². The van der Waals surface area contributed by atoms with Crippen LogP contribution in [0.2, 0.25) is 0 Å². The molecule has 0 aliphatic heterocycles. The largest absolute Gasteiger partial charge is 0.496 e. The Balaban J connectivity index is 2.70. The first kappa shape index (κ1) is 17.0. The van der Waals surface area contributed by atoms with Crippen molar-refractivity contribution >= 4 is 0 Å². The lowest BCUT2D eigenvalue weighted by molar-refractivity contribution is 0.383. The van der Waals surface area contributed by atoms with Crippen LogP contribution in [0.5, 0.6) is 5.75 Å². The molecule has 0 saturated heterocycles. The van der Waals surface area contributed by atoms with Crippen LogP contribution in [0.3, 0.4) is 0 Å². The van der Waals surface area contributed by atoms with Crippen molar-refractivity contribution in [3.05, 3.63) is 29.6 Å². The molecule has 0 aliphatic rings. The number of unbranched alkanes of at least 4 members (excludes halogenated alkanes) is 4. The molecule has 0 spiro atoms. The van der Waals surface area contributed by atoms with Gasteiger partial charge in [0.1, 0.15) is 11.6 Å². The van der Waals surface area contributed by atoms with Gasteiger partial charge >= 0.3 is 0 Å². The molecule has 3 heteroatoms. The van der Waals surface area contributed by atoms with Gasteiger partial charge in [0.05, 0.1) is 7.11 Å². The minimum Gasteiger partial charge on any atom is -0.496 e. The average Bonchev–Trinajstić information content (AvgIpc) is 2.46. The average molecular weight is 281 g/mol. The smallest absolute Gasteiger partial charge is 0.131 e. The monoisotopic (exact) mass is 281 g/mol. The van der Waals surface area contributed by atoms with E-state index in [1.807, 2.05) is 6.07 Å². The Morgan fingerprint density at radius 1 is 1.15 bits per heavy atom. The summed E-state index contributed by atoms with van der Waals surface area (Å²) in [4.78, 5) is 0. The highest BCUT2D eigenvalue weighted by Gasteiger charge is 2.19. The molecule has 0 aromatic heterocycles. The number of ether oxygens (including phenoxy) is 1. The maximum Gasteiger partial charge on any atom is 0.131 e. The summed E-state index contributed by atoms with van der Waals surface area (Å²) in [5, 5.41) is 3.39. The SMILES string of the molecule is CCCCCCCC(NCC)c1c(F)cccc1OC. The van der Waals surface area contributed by atoms with Crippen LogP contribution in [0, 0.1) is 5.82 Å². The predicted molar refractivity (Wildman–Crippen MR) is 82.7 cm³/mol. The number of halogens is 1. The maximum atomic E-state index is 14.1. The molecule has 1 N–H and O–H groups in total. The molecule has 1 unspecified atom stereocenters. The van der Waals surface area contributed by atoms with Gasteiger partial charge in [-0.3, -0.25) is 0 Å². The number of nitrogens with one attached hydrogen (secondary N) is 1. The van der Waals surface area contributed by atoms with Crippen LogP contribution in [0.25, 0.3) is 0 Å². The van der Waals surface area contributed by atoms with Gasteiger partial charge in [0.25, 0.3) is 0 Å². The molecule has 114 valence electrons. The first-order valence-electron chi connectivity index (χ1n) is 7.80. The van der Waals surface area contributed by atoms with Gasteiger partial charge in [-0.15, -0.1) is 0 Å². The van der Waals surface area contributed by atoms with Gasteiger partial charge in [-0.25, -0.2) is 4.39 Å². The lowest BCUT2D eigenvalue weighted by atomic mass is 9.98. The van der Waals surface area contributed by atoms with Gasteiger partial charge in [0.15, 0.2) is 0 Å². The molecule has 1 rings (SSSR count). The van der Waals surface area contributed by atoms with Gasteiger partial charge in [-0.1, -0.05) is 52.0 Å². The summed E-state index contributed by atoms with van der Waals surface area (Å²) in [6.45, 7) is 5.10. The van der Waals surface area contributed by atoms with Crippen LogP contribution in [-0.4, -0.2) is 13.7 Å². The third kappa shape index (κ3) is 5.12. The van der Waals surface area contributed by atoms with Gasteiger partial charge < -0.3 is 10.1 Å². The molecule has 0 saturated carbocycles. The van der Waals surface area contributed by atoms with Crippen LogP contribution in [-0.2, 0) is 0 Å². The Hall–Kier alpha value is -1.09. The fourth-order valence-electron chi connectivity index (χ4n) is 2.58. The van der Waals surface area contributed by atoms with Crippen molar-refractivity contribution in [1.82, 2.24) is 5.32 Å². The third-order valence-electron chi connectivity index (χ3n) is 3.63. The van der Waals surface area contributed by atoms with Crippen molar-refractivity contribution in [1.29, 1.82) is 0 Å². The van der Waals surface area contributed by atoms with E-state index in [0.29, 0.717) is 11.3 Å². The zero-order valence-corrected chi connectivity index (χ0v) is 13.0. The lowest BCUT2D eigenvalue weighted by Crippen LogP contribution is -2.22. The highest BCUT2D eigenvalue weighted by molar-refractivity contribution is 5.37. The maximum absolute atomic E-state index is 14.1. The van der Waals surface area contributed by atoms with Crippen LogP contribution in [0.4, 0.5) is 4.39 Å². The highest BCUT2D eigenvalue weighted by Crippen LogP contribution is 2.31. The lowest BCUT2D eigenvalue weighted by Gasteiger charge is -2.21. The summed E-state index contributed by atoms with van der Waals surface area (Å²) in [6.07, 6.45) is 7.09. The Morgan fingerprint density at radius 2 is 1.90 bits per heavy atom. The van der Waals surface area contributed by atoms with Crippen molar-refractivity contribution in [2.24, 2.45) is 0 Å². The molecule has 0 aliphatic carbocycles. The topological polar surface area (TPSA) is 21.3 Å². The van der Waals surface area contributed by atoms with Crippen LogP contribution in [0.1, 0.15) is 64.0 Å². The van der Waals surface area contributed by atoms with E-state index in [2.05, 4.69) is 19.2 Å². The molecular formula is C17H28FNO. The first-order valence-corrected chi connectivity index (χ1v) is 7.80. The van der Waals surface area contributed by atoms with E-state index in [-0.39, 0.29) is 11.9 Å². The van der Waals surface area contributed by atoms with E-state index in [1.165, 1.54) is 31.7 Å². The molecule has 1 aromatic rings. The van der Waals surface area contributed by atoms with Crippen LogP contribution < -0.4 is 10.1 Å². The summed E-state index contributed by atoms with van der Waals surface area (Å²) in [7, 11) is 1.60. The molecule has 0 heterocycles. The summed E-state index contributed by atoms with van der Waals surface area (Å²) in [5.41, 5.74) is 0.673. The van der Waals surface area contributed by atoms with E-state index in [9.17, 15) is 4.39 Å². The highest BCUT2D eigenvalue weighted by atomic mass is 19.1. The zero-order chi connectivity index (χ0) is 14.8. The second-order valence-electron chi connectivity index (χ2n) is 5.17. The molecule has 2 nitrogen and oxygen atoms in total. The minimum atomic E-state index is -0.177. The fourth-order valence-corrected chi connectivity index (χ4v) is 2.58. The molecule has 20 heavy (non-hydrogen) atoms. The second-order valence-corrected chi connectivity index (χ2v) is 5.17. The first-order chi connectivity index (χ1) is 9.74. The van der Waals surface area contributed by atoms with E-state index in [1.54, 1.807) is 13.2 Å².